The van der Waals surface area contributed by atoms with Gasteiger partial charge in [-0.1, -0.05) is 26.3 Å². The number of rotatable bonds is 10. The summed E-state index contributed by atoms with van der Waals surface area (Å²) < 4.78 is 11.4. The van der Waals surface area contributed by atoms with Crippen LogP contribution in [0.2, 0.25) is 0 Å². The second-order valence-electron chi connectivity index (χ2n) is 4.99. The first-order valence-electron chi connectivity index (χ1n) is 7.79. The highest BCUT2D eigenvalue weighted by Gasteiger charge is 2.09. The minimum Gasteiger partial charge on any atom is -0.494 e. The first-order chi connectivity index (χ1) is 9.72. The molecule has 0 saturated heterocycles. The maximum absolute atomic E-state index is 5.74. The van der Waals surface area contributed by atoms with E-state index in [9.17, 15) is 0 Å². The van der Waals surface area contributed by atoms with Crippen molar-refractivity contribution in [2.24, 2.45) is 0 Å². The molecule has 0 aliphatic carbocycles. The third-order valence-electron chi connectivity index (χ3n) is 3.29. The lowest BCUT2D eigenvalue weighted by Gasteiger charge is -2.17. The van der Waals surface area contributed by atoms with Crippen molar-refractivity contribution in [1.29, 1.82) is 0 Å². The van der Waals surface area contributed by atoms with Crippen molar-refractivity contribution in [3.63, 3.8) is 0 Å². The van der Waals surface area contributed by atoms with Gasteiger partial charge >= 0.3 is 0 Å². The van der Waals surface area contributed by atoms with Crippen LogP contribution in [0.5, 0.6) is 5.75 Å². The van der Waals surface area contributed by atoms with Crippen molar-refractivity contribution in [1.82, 2.24) is 5.32 Å². The maximum atomic E-state index is 5.74. The zero-order chi connectivity index (χ0) is 14.8. The molecule has 0 aliphatic rings. The van der Waals surface area contributed by atoms with E-state index >= 15 is 0 Å². The van der Waals surface area contributed by atoms with Crippen LogP contribution in [0.1, 0.15) is 57.7 Å². The summed E-state index contributed by atoms with van der Waals surface area (Å²) in [6.07, 6.45) is 2.27. The van der Waals surface area contributed by atoms with Gasteiger partial charge in [0, 0.05) is 18.2 Å². The molecule has 3 heteroatoms. The Kier molecular flexibility index (Phi) is 8.31. The van der Waals surface area contributed by atoms with E-state index in [2.05, 4.69) is 44.3 Å². The van der Waals surface area contributed by atoms with Crippen LogP contribution in [0.4, 0.5) is 0 Å². The molecule has 3 nitrogen and oxygen atoms in total. The Bertz CT molecular complexity index is 379. The average molecular weight is 279 g/mol. The van der Waals surface area contributed by atoms with Crippen LogP contribution in [0.15, 0.2) is 18.2 Å². The maximum Gasteiger partial charge on any atom is 0.124 e. The Morgan fingerprint density at radius 1 is 1.20 bits per heavy atom. The third-order valence-corrected chi connectivity index (χ3v) is 3.29. The van der Waals surface area contributed by atoms with Gasteiger partial charge in [-0.15, -0.1) is 0 Å². The van der Waals surface area contributed by atoms with Gasteiger partial charge in [0.05, 0.1) is 13.2 Å². The first kappa shape index (κ1) is 17.0. The summed E-state index contributed by atoms with van der Waals surface area (Å²) in [5.41, 5.74) is 2.43. The number of hydrogen-bond donors (Lipinski definition) is 1. The molecule has 20 heavy (non-hydrogen) atoms. The van der Waals surface area contributed by atoms with Crippen molar-refractivity contribution >= 4 is 0 Å². The summed E-state index contributed by atoms with van der Waals surface area (Å²) in [5.74, 6) is 0.941. The molecule has 1 N–H and O–H groups in total. The van der Waals surface area contributed by atoms with Gasteiger partial charge in [0.15, 0.2) is 0 Å². The minimum atomic E-state index is 0.352. The second-order valence-corrected chi connectivity index (χ2v) is 4.99. The van der Waals surface area contributed by atoms with Crippen LogP contribution in [0.25, 0.3) is 0 Å². The zero-order valence-electron chi connectivity index (χ0n) is 13.4. The van der Waals surface area contributed by atoms with E-state index < -0.39 is 0 Å². The topological polar surface area (TPSA) is 30.5 Å². The summed E-state index contributed by atoms with van der Waals surface area (Å²) in [4.78, 5) is 0. The van der Waals surface area contributed by atoms with Crippen LogP contribution >= 0.6 is 0 Å². The fourth-order valence-corrected chi connectivity index (χ4v) is 2.13. The van der Waals surface area contributed by atoms with E-state index in [4.69, 9.17) is 9.47 Å². The van der Waals surface area contributed by atoms with Crippen LogP contribution in [0.3, 0.4) is 0 Å². The lowest BCUT2D eigenvalue weighted by molar-refractivity contribution is 0.115. The average Bonchev–Trinajstić information content (AvgIpc) is 2.45. The number of hydrogen-bond acceptors (Lipinski definition) is 3. The Labute approximate surface area is 123 Å². The highest BCUT2D eigenvalue weighted by atomic mass is 16.5. The molecule has 0 spiro atoms. The van der Waals surface area contributed by atoms with Gasteiger partial charge in [0.1, 0.15) is 5.75 Å². The van der Waals surface area contributed by atoms with Gasteiger partial charge in [-0.05, 0) is 44.5 Å². The number of unbranched alkanes of at least 4 members (excludes halogenated alkanes) is 1. The molecule has 1 aromatic rings. The van der Waals surface area contributed by atoms with Crippen molar-refractivity contribution < 1.29 is 9.47 Å². The molecule has 1 aromatic carbocycles. The molecular formula is C17H29NO2. The molecule has 114 valence electrons. The van der Waals surface area contributed by atoms with Crippen molar-refractivity contribution in [2.75, 3.05) is 19.8 Å². The molecule has 1 rings (SSSR count). The first-order valence-corrected chi connectivity index (χ1v) is 7.79. The van der Waals surface area contributed by atoms with E-state index in [0.29, 0.717) is 19.3 Å². The SMILES string of the molecule is CCCCOCc1cc(C(C)NCC)ccc1OCC. The summed E-state index contributed by atoms with van der Waals surface area (Å²) in [6.45, 7) is 11.6. The van der Waals surface area contributed by atoms with E-state index in [1.165, 1.54) is 5.56 Å². The number of benzene rings is 1. The Morgan fingerprint density at radius 3 is 2.65 bits per heavy atom. The van der Waals surface area contributed by atoms with Crippen molar-refractivity contribution in [2.45, 2.75) is 53.2 Å². The van der Waals surface area contributed by atoms with Crippen LogP contribution < -0.4 is 10.1 Å². The molecule has 1 atom stereocenters. The lowest BCUT2D eigenvalue weighted by Crippen LogP contribution is -2.18. The number of ether oxygens (including phenoxy) is 2. The molecule has 0 saturated carbocycles. The second kappa shape index (κ2) is 9.78. The van der Waals surface area contributed by atoms with Gasteiger partial charge in [0.2, 0.25) is 0 Å². The molecule has 0 heterocycles. The summed E-state index contributed by atoms with van der Waals surface area (Å²) in [7, 11) is 0. The smallest absolute Gasteiger partial charge is 0.124 e. The molecule has 0 amide bonds. The summed E-state index contributed by atoms with van der Waals surface area (Å²) in [5, 5.41) is 3.44. The van der Waals surface area contributed by atoms with Crippen molar-refractivity contribution in [3.05, 3.63) is 29.3 Å². The predicted octanol–water partition coefficient (Wildman–Crippen LogP) is 4.07. The molecule has 1 unspecified atom stereocenters. The van der Waals surface area contributed by atoms with Crippen LogP contribution in [-0.4, -0.2) is 19.8 Å². The predicted molar refractivity (Wildman–Crippen MR) is 84.3 cm³/mol. The van der Waals surface area contributed by atoms with E-state index in [1.807, 2.05) is 6.92 Å². The largest absolute Gasteiger partial charge is 0.494 e. The molecule has 0 bridgehead atoms. The lowest BCUT2D eigenvalue weighted by atomic mass is 10.0. The molecule has 0 radical (unpaired) electrons. The monoisotopic (exact) mass is 279 g/mol. The van der Waals surface area contributed by atoms with Gasteiger partial charge in [-0.25, -0.2) is 0 Å². The number of nitrogens with one attached hydrogen (secondary N) is 1. The minimum absolute atomic E-state index is 0.352. The zero-order valence-corrected chi connectivity index (χ0v) is 13.4. The molecular weight excluding hydrogens is 250 g/mol. The van der Waals surface area contributed by atoms with Crippen LogP contribution in [-0.2, 0) is 11.3 Å². The van der Waals surface area contributed by atoms with Gasteiger partial charge in [-0.2, -0.15) is 0 Å². The van der Waals surface area contributed by atoms with E-state index in [1.54, 1.807) is 0 Å². The van der Waals surface area contributed by atoms with E-state index in [-0.39, 0.29) is 0 Å². The van der Waals surface area contributed by atoms with E-state index in [0.717, 1.165) is 37.3 Å². The summed E-state index contributed by atoms with van der Waals surface area (Å²) in [6, 6.07) is 6.74. The standard InChI is InChI=1S/C17H29NO2/c1-5-8-11-19-13-16-12-15(14(4)18-6-2)9-10-17(16)20-7-3/h9-10,12,14,18H,5-8,11,13H2,1-4H3. The van der Waals surface area contributed by atoms with Gasteiger partial charge < -0.3 is 14.8 Å². The van der Waals surface area contributed by atoms with Gasteiger partial charge in [0.25, 0.3) is 0 Å². The fourth-order valence-electron chi connectivity index (χ4n) is 2.13. The molecule has 0 aliphatic heterocycles. The third kappa shape index (κ3) is 5.51. The Balaban J connectivity index is 2.76. The quantitative estimate of drug-likeness (QED) is 0.655. The van der Waals surface area contributed by atoms with Crippen LogP contribution in [0, 0.1) is 0 Å². The fraction of sp³-hybridized carbons (Fsp3) is 0.647. The highest BCUT2D eigenvalue weighted by molar-refractivity contribution is 5.38. The van der Waals surface area contributed by atoms with Crippen molar-refractivity contribution in [3.8, 4) is 5.75 Å². The Hall–Kier alpha value is -1.06. The summed E-state index contributed by atoms with van der Waals surface area (Å²) >= 11 is 0. The molecule has 0 fully saturated rings. The highest BCUT2D eigenvalue weighted by Crippen LogP contribution is 2.24. The normalized spacial score (nSPS) is 12.4. The van der Waals surface area contributed by atoms with Gasteiger partial charge in [-0.3, -0.25) is 0 Å². The molecule has 0 aromatic heterocycles. The Morgan fingerprint density at radius 2 is 2.00 bits per heavy atom.